The van der Waals surface area contributed by atoms with Crippen LogP contribution in [0.1, 0.15) is 38.3 Å². The minimum atomic E-state index is -0.474. The van der Waals surface area contributed by atoms with Gasteiger partial charge in [-0.3, -0.25) is 4.57 Å². The van der Waals surface area contributed by atoms with Crippen LogP contribution in [0.4, 0.5) is 5.82 Å². The fourth-order valence-electron chi connectivity index (χ4n) is 4.03. The van der Waals surface area contributed by atoms with Gasteiger partial charge in [-0.25, -0.2) is 9.78 Å². The number of methoxy groups -OCH3 is 1. The van der Waals surface area contributed by atoms with Crippen molar-refractivity contribution in [2.75, 3.05) is 12.8 Å². The van der Waals surface area contributed by atoms with Crippen LogP contribution in [0.5, 0.6) is 5.75 Å². The summed E-state index contributed by atoms with van der Waals surface area (Å²) in [4.78, 5) is 18.0. The van der Waals surface area contributed by atoms with E-state index in [2.05, 4.69) is 0 Å². The Kier molecular flexibility index (Phi) is 5.61. The molecule has 0 radical (unpaired) electrons. The fraction of sp³-hybridized carbons (Fsp3) is 0.231. The van der Waals surface area contributed by atoms with Crippen LogP contribution < -0.4 is 10.5 Å². The maximum atomic E-state index is 13.2. The number of carbonyl (C=O) groups excluding carboxylic acids is 1. The van der Waals surface area contributed by atoms with Gasteiger partial charge in [-0.15, -0.1) is 0 Å². The molecule has 32 heavy (non-hydrogen) atoms. The van der Waals surface area contributed by atoms with Crippen molar-refractivity contribution in [3.8, 4) is 11.4 Å². The second-order valence-corrected chi connectivity index (χ2v) is 7.98. The summed E-state index contributed by atoms with van der Waals surface area (Å²) in [7, 11) is 1.64. The van der Waals surface area contributed by atoms with Gasteiger partial charge in [0.2, 0.25) is 0 Å². The van der Waals surface area contributed by atoms with E-state index in [-0.39, 0.29) is 6.61 Å². The number of hydrogen-bond acceptors (Lipinski definition) is 5. The van der Waals surface area contributed by atoms with Crippen LogP contribution >= 0.6 is 0 Å². The number of fused-ring (bicyclic) bond motifs is 1. The topological polar surface area (TPSA) is 79.4 Å². The number of nitrogen functional groups attached to an aromatic ring is 1. The summed E-state index contributed by atoms with van der Waals surface area (Å²) >= 11 is 0. The van der Waals surface area contributed by atoms with Crippen molar-refractivity contribution in [3.05, 3.63) is 82.0 Å². The molecule has 2 aromatic heterocycles. The first-order valence-corrected chi connectivity index (χ1v) is 10.5. The summed E-state index contributed by atoms with van der Waals surface area (Å²) in [5.74, 6) is 0.567. The van der Waals surface area contributed by atoms with E-state index in [0.29, 0.717) is 22.4 Å². The number of ether oxygens (including phenoxy) is 2. The zero-order chi connectivity index (χ0) is 23.0. The van der Waals surface area contributed by atoms with E-state index in [1.807, 2.05) is 80.8 Å². The Morgan fingerprint density at radius 2 is 1.75 bits per heavy atom. The largest absolute Gasteiger partial charge is 0.496 e. The Balaban J connectivity index is 1.92. The second kappa shape index (κ2) is 8.38. The number of hydrogen-bond donors (Lipinski definition) is 1. The first-order valence-electron chi connectivity index (χ1n) is 10.5. The Hall–Kier alpha value is -3.80. The lowest BCUT2D eigenvalue weighted by Gasteiger charge is -2.17. The van der Waals surface area contributed by atoms with E-state index in [1.54, 1.807) is 7.11 Å². The Morgan fingerprint density at radius 1 is 1.03 bits per heavy atom. The average Bonchev–Trinajstić information content (AvgIpc) is 3.04. The third-order valence-corrected chi connectivity index (χ3v) is 5.87. The number of nitrogens with two attached hydrogens (primary N) is 1. The third kappa shape index (κ3) is 3.58. The van der Waals surface area contributed by atoms with E-state index in [1.165, 1.54) is 0 Å². The lowest BCUT2D eigenvalue weighted by atomic mass is 10.1. The van der Waals surface area contributed by atoms with Crippen LogP contribution in [0.25, 0.3) is 16.7 Å². The number of aromatic nitrogens is 2. The SMILES string of the molecule is COc1ccc(C)c(-n2c(N)c(C(=O)OCc3ccccc3)c3cc(C)c(C)nc32)c1C. The van der Waals surface area contributed by atoms with Crippen LogP contribution in [0.15, 0.2) is 48.5 Å². The molecule has 0 atom stereocenters. The Labute approximate surface area is 187 Å². The van der Waals surface area contributed by atoms with Crippen molar-refractivity contribution in [2.45, 2.75) is 34.3 Å². The minimum absolute atomic E-state index is 0.168. The minimum Gasteiger partial charge on any atom is -0.496 e. The predicted octanol–water partition coefficient (Wildman–Crippen LogP) is 5.21. The van der Waals surface area contributed by atoms with Crippen LogP contribution in [0.2, 0.25) is 0 Å². The standard InChI is InChI=1S/C26H27N3O3/c1-15-11-12-21(31-5)17(3)23(15)29-24(27)22(20-13-16(2)18(4)28-25(20)29)26(30)32-14-19-9-7-6-8-10-19/h6-13H,14,27H2,1-5H3. The zero-order valence-corrected chi connectivity index (χ0v) is 19.0. The Morgan fingerprint density at radius 3 is 2.44 bits per heavy atom. The van der Waals surface area contributed by atoms with E-state index < -0.39 is 5.97 Å². The molecule has 164 valence electrons. The first-order chi connectivity index (χ1) is 15.3. The summed E-state index contributed by atoms with van der Waals surface area (Å²) in [5, 5.41) is 0.672. The smallest absolute Gasteiger partial charge is 0.342 e. The third-order valence-electron chi connectivity index (χ3n) is 5.87. The van der Waals surface area contributed by atoms with Gasteiger partial charge >= 0.3 is 5.97 Å². The van der Waals surface area contributed by atoms with Crippen molar-refractivity contribution in [1.82, 2.24) is 9.55 Å². The van der Waals surface area contributed by atoms with Crippen molar-refractivity contribution < 1.29 is 14.3 Å². The number of nitrogens with zero attached hydrogens (tertiary/aromatic N) is 2. The molecule has 6 heteroatoms. The average molecular weight is 430 g/mol. The molecular formula is C26H27N3O3. The van der Waals surface area contributed by atoms with Gasteiger partial charge in [-0.05, 0) is 56.5 Å². The number of rotatable bonds is 5. The highest BCUT2D eigenvalue weighted by atomic mass is 16.5. The molecule has 0 bridgehead atoms. The van der Waals surface area contributed by atoms with Gasteiger partial charge in [0.05, 0.1) is 12.8 Å². The van der Waals surface area contributed by atoms with Crippen molar-refractivity contribution in [3.63, 3.8) is 0 Å². The summed E-state index contributed by atoms with van der Waals surface area (Å²) in [5.41, 5.74) is 13.1. The molecular weight excluding hydrogens is 402 g/mol. The quantitative estimate of drug-likeness (QED) is 0.441. The van der Waals surface area contributed by atoms with Crippen molar-refractivity contribution in [1.29, 1.82) is 0 Å². The molecule has 2 N–H and O–H groups in total. The van der Waals surface area contributed by atoms with Gasteiger partial charge in [0.1, 0.15) is 29.4 Å². The summed E-state index contributed by atoms with van der Waals surface area (Å²) in [6.07, 6.45) is 0. The van der Waals surface area contributed by atoms with Crippen molar-refractivity contribution >= 4 is 22.8 Å². The van der Waals surface area contributed by atoms with Gasteiger partial charge in [0.25, 0.3) is 0 Å². The highest BCUT2D eigenvalue weighted by Crippen LogP contribution is 2.37. The highest BCUT2D eigenvalue weighted by molar-refractivity contribution is 6.09. The zero-order valence-electron chi connectivity index (χ0n) is 19.0. The second-order valence-electron chi connectivity index (χ2n) is 7.98. The van der Waals surface area contributed by atoms with Crippen LogP contribution in [-0.4, -0.2) is 22.6 Å². The van der Waals surface area contributed by atoms with Gasteiger partial charge < -0.3 is 15.2 Å². The monoisotopic (exact) mass is 429 g/mol. The summed E-state index contributed by atoms with van der Waals surface area (Å²) in [6, 6.07) is 15.4. The summed E-state index contributed by atoms with van der Waals surface area (Å²) < 4.78 is 13.0. The van der Waals surface area contributed by atoms with E-state index in [0.717, 1.165) is 39.4 Å². The number of carbonyl (C=O) groups is 1. The Bertz CT molecular complexity index is 1320. The predicted molar refractivity (Wildman–Crippen MR) is 127 cm³/mol. The highest BCUT2D eigenvalue weighted by Gasteiger charge is 2.26. The normalized spacial score (nSPS) is 11.0. The molecule has 0 saturated heterocycles. The van der Waals surface area contributed by atoms with Crippen LogP contribution in [0.3, 0.4) is 0 Å². The van der Waals surface area contributed by atoms with Gasteiger partial charge in [-0.2, -0.15) is 0 Å². The lowest BCUT2D eigenvalue weighted by Crippen LogP contribution is -2.10. The number of aryl methyl sites for hydroxylation is 3. The molecule has 0 saturated carbocycles. The molecule has 6 nitrogen and oxygen atoms in total. The number of pyridine rings is 1. The van der Waals surface area contributed by atoms with Gasteiger partial charge in [0, 0.05) is 16.6 Å². The molecule has 0 aliphatic heterocycles. The maximum absolute atomic E-state index is 13.2. The van der Waals surface area contributed by atoms with Crippen LogP contribution in [-0.2, 0) is 11.3 Å². The summed E-state index contributed by atoms with van der Waals surface area (Å²) in [6.45, 7) is 8.06. The van der Waals surface area contributed by atoms with E-state index >= 15 is 0 Å². The molecule has 4 rings (SSSR count). The van der Waals surface area contributed by atoms with E-state index in [9.17, 15) is 4.79 Å². The van der Waals surface area contributed by atoms with Gasteiger partial charge in [-0.1, -0.05) is 36.4 Å². The number of benzene rings is 2. The molecule has 2 heterocycles. The lowest BCUT2D eigenvalue weighted by molar-refractivity contribution is 0.0476. The maximum Gasteiger partial charge on any atom is 0.342 e. The molecule has 0 aliphatic rings. The van der Waals surface area contributed by atoms with E-state index in [4.69, 9.17) is 20.2 Å². The number of esters is 1. The molecule has 0 fully saturated rings. The van der Waals surface area contributed by atoms with Crippen molar-refractivity contribution in [2.24, 2.45) is 0 Å². The molecule has 0 aliphatic carbocycles. The molecule has 0 unspecified atom stereocenters. The fourth-order valence-corrected chi connectivity index (χ4v) is 4.03. The molecule has 0 amide bonds. The van der Waals surface area contributed by atoms with Gasteiger partial charge in [0.15, 0.2) is 0 Å². The first kappa shape index (κ1) is 21.4. The van der Waals surface area contributed by atoms with Crippen LogP contribution in [0, 0.1) is 27.7 Å². The molecule has 2 aromatic carbocycles. The molecule has 0 spiro atoms. The molecule has 4 aromatic rings. The number of anilines is 1.